The SMILES string of the molecule is O=C(O)CNC(=O)c1c(O)c2c(F)ccc3c2n(c1=O)CC(c1ccc(C(F)(F)F)cc1)N3.O=C(O)CNC(=O)c1c(O)c2cc(F)cc3c2n(c1=O)C(c1ccc(C(F)(F)F)cc1)CN3. The van der Waals surface area contributed by atoms with Gasteiger partial charge in [0.05, 0.1) is 57.5 Å². The van der Waals surface area contributed by atoms with Crippen LogP contribution < -0.4 is 32.4 Å². The van der Waals surface area contributed by atoms with Gasteiger partial charge in [0, 0.05) is 11.9 Å². The van der Waals surface area contributed by atoms with Crippen molar-refractivity contribution in [2.75, 3.05) is 30.3 Å². The first-order valence-electron chi connectivity index (χ1n) is 19.0. The fourth-order valence-electron chi connectivity index (χ4n) is 7.62. The maximum absolute atomic E-state index is 14.6. The van der Waals surface area contributed by atoms with E-state index in [4.69, 9.17) is 10.2 Å². The first-order chi connectivity index (χ1) is 31.0. The van der Waals surface area contributed by atoms with E-state index in [0.717, 1.165) is 51.6 Å². The molecule has 8 rings (SSSR count). The number of hydrogen-bond acceptors (Lipinski definition) is 10. The number of amides is 2. The molecule has 2 amide bonds. The number of pyridine rings is 2. The fraction of sp³-hybridized carbons (Fsp3) is 0.190. The van der Waals surface area contributed by atoms with E-state index in [1.807, 2.05) is 10.6 Å². The lowest BCUT2D eigenvalue weighted by Gasteiger charge is -2.30. The van der Waals surface area contributed by atoms with Gasteiger partial charge in [-0.25, -0.2) is 8.78 Å². The monoisotopic (exact) mass is 930 g/mol. The third kappa shape index (κ3) is 8.58. The summed E-state index contributed by atoms with van der Waals surface area (Å²) in [4.78, 5) is 72.8. The van der Waals surface area contributed by atoms with Crippen LogP contribution >= 0.6 is 0 Å². The van der Waals surface area contributed by atoms with Gasteiger partial charge in [0.1, 0.15) is 47.3 Å². The lowest BCUT2D eigenvalue weighted by Crippen LogP contribution is -2.40. The van der Waals surface area contributed by atoms with Crippen LogP contribution in [-0.2, 0) is 28.5 Å². The summed E-state index contributed by atoms with van der Waals surface area (Å²) >= 11 is 0. The summed E-state index contributed by atoms with van der Waals surface area (Å²) in [6.07, 6.45) is -9.09. The maximum Gasteiger partial charge on any atom is 0.416 e. The Labute approximate surface area is 362 Å². The van der Waals surface area contributed by atoms with Gasteiger partial charge in [-0.05, 0) is 59.7 Å². The zero-order valence-corrected chi connectivity index (χ0v) is 33.1. The van der Waals surface area contributed by atoms with E-state index in [9.17, 15) is 74.1 Å². The lowest BCUT2D eigenvalue weighted by atomic mass is 9.99. The van der Waals surface area contributed by atoms with Crippen LogP contribution in [0.1, 0.15) is 55.1 Å². The van der Waals surface area contributed by atoms with E-state index < -0.39 is 123 Å². The van der Waals surface area contributed by atoms with Gasteiger partial charge >= 0.3 is 24.3 Å². The number of carboxylic acids is 2. The van der Waals surface area contributed by atoms with E-state index in [-0.39, 0.29) is 46.4 Å². The van der Waals surface area contributed by atoms with Crippen LogP contribution in [0.15, 0.2) is 82.4 Å². The Balaban J connectivity index is 0.000000196. The van der Waals surface area contributed by atoms with Crippen LogP contribution in [0.5, 0.6) is 11.5 Å². The second-order valence-electron chi connectivity index (χ2n) is 14.7. The molecule has 2 aliphatic heterocycles. The molecule has 2 aliphatic rings. The van der Waals surface area contributed by atoms with Crippen molar-refractivity contribution in [1.82, 2.24) is 19.8 Å². The van der Waals surface area contributed by atoms with Gasteiger partial charge in [-0.2, -0.15) is 26.3 Å². The minimum absolute atomic E-state index is 0.0300. The second kappa shape index (κ2) is 17.1. The highest BCUT2D eigenvalue weighted by Gasteiger charge is 2.35. The van der Waals surface area contributed by atoms with E-state index >= 15 is 0 Å². The Morgan fingerprint density at radius 1 is 0.682 bits per heavy atom. The number of alkyl halides is 6. The zero-order valence-electron chi connectivity index (χ0n) is 33.1. The Morgan fingerprint density at radius 3 is 1.74 bits per heavy atom. The van der Waals surface area contributed by atoms with Gasteiger partial charge in [-0.3, -0.25) is 33.3 Å². The van der Waals surface area contributed by atoms with Crippen molar-refractivity contribution in [3.05, 3.63) is 139 Å². The molecule has 2 aromatic heterocycles. The van der Waals surface area contributed by atoms with E-state index in [2.05, 4.69) is 10.6 Å². The predicted molar refractivity (Wildman–Crippen MR) is 215 cm³/mol. The van der Waals surface area contributed by atoms with Crippen LogP contribution in [0.2, 0.25) is 0 Å². The highest BCUT2D eigenvalue weighted by Crippen LogP contribution is 2.41. The Hall–Kier alpha value is -8.18. The molecule has 0 fully saturated rings. The molecule has 6 aromatic rings. The number of nitrogens with zero attached hydrogens (tertiary/aromatic N) is 2. The summed E-state index contributed by atoms with van der Waals surface area (Å²) < 4.78 is 108. The van der Waals surface area contributed by atoms with Crippen molar-refractivity contribution in [1.29, 1.82) is 0 Å². The molecule has 344 valence electrons. The van der Waals surface area contributed by atoms with Gasteiger partial charge in [0.2, 0.25) is 0 Å². The van der Waals surface area contributed by atoms with Crippen molar-refractivity contribution in [2.24, 2.45) is 0 Å². The molecule has 8 N–H and O–H groups in total. The first kappa shape index (κ1) is 45.8. The van der Waals surface area contributed by atoms with E-state index in [0.29, 0.717) is 5.56 Å². The number of nitrogens with one attached hydrogen (secondary N) is 4. The number of halogens is 8. The molecular formula is C42H30F8N6O10. The topological polar surface area (TPSA) is 241 Å². The molecule has 0 radical (unpaired) electrons. The molecular weight excluding hydrogens is 900 g/mol. The lowest BCUT2D eigenvalue weighted by molar-refractivity contribution is -0.138. The molecule has 0 bridgehead atoms. The third-order valence-corrected chi connectivity index (χ3v) is 10.6. The van der Waals surface area contributed by atoms with Crippen LogP contribution in [0.4, 0.5) is 46.5 Å². The van der Waals surface area contributed by atoms with Gasteiger partial charge in [0.15, 0.2) is 0 Å². The highest BCUT2D eigenvalue weighted by atomic mass is 19.4. The normalized spacial score (nSPS) is 15.2. The molecule has 4 aromatic carbocycles. The standard InChI is InChI=1S/2C21H15F4N3O5/c22-11-5-12-17-13(6-11)26-7-14(9-1-3-10(4-2-9)21(23,24)25)28(17)20(33)16(18(12)31)19(32)27-8-15(29)30;22-11-5-6-12-17-15(11)18(31)16(19(32)26-7-14(29)30)20(33)28(17)8-13(27-12)9-1-3-10(4-2-9)21(23,24)25/h1-6,14,26,31H,7-8H2,(H,27,32)(H,29,30);1-6,13,27,31H,7-8H2,(H,26,32)(H,29,30). The number of carboxylic acid groups (broad SMARTS) is 2. The third-order valence-electron chi connectivity index (χ3n) is 10.6. The molecule has 0 saturated carbocycles. The average Bonchev–Trinajstić information content (AvgIpc) is 3.25. The molecule has 16 nitrogen and oxygen atoms in total. The first-order valence-corrected chi connectivity index (χ1v) is 19.0. The fourth-order valence-corrected chi connectivity index (χ4v) is 7.62. The second-order valence-corrected chi connectivity index (χ2v) is 14.7. The van der Waals surface area contributed by atoms with Crippen LogP contribution in [0.3, 0.4) is 0 Å². The van der Waals surface area contributed by atoms with E-state index in [1.165, 1.54) is 30.3 Å². The zero-order chi connectivity index (χ0) is 48.2. The number of anilines is 2. The van der Waals surface area contributed by atoms with Crippen molar-refractivity contribution in [3.63, 3.8) is 0 Å². The number of carbonyl (C=O) groups excluding carboxylic acids is 2. The maximum atomic E-state index is 14.6. The number of benzene rings is 4. The molecule has 24 heteroatoms. The van der Waals surface area contributed by atoms with Crippen molar-refractivity contribution in [2.45, 2.75) is 31.0 Å². The van der Waals surface area contributed by atoms with Gasteiger partial charge in [0.25, 0.3) is 22.9 Å². The number of rotatable bonds is 8. The molecule has 4 heterocycles. The average molecular weight is 931 g/mol. The van der Waals surface area contributed by atoms with Crippen LogP contribution in [0.25, 0.3) is 21.8 Å². The predicted octanol–water partition coefficient (Wildman–Crippen LogP) is 5.54. The Kier molecular flexibility index (Phi) is 11.9. The van der Waals surface area contributed by atoms with Crippen molar-refractivity contribution < 1.29 is 74.7 Å². The summed E-state index contributed by atoms with van der Waals surface area (Å²) in [6, 6.07) is 10.9. The summed E-state index contributed by atoms with van der Waals surface area (Å²) in [5, 5.41) is 47.8. The summed E-state index contributed by atoms with van der Waals surface area (Å²) in [6.45, 7) is -1.91. The molecule has 2 atom stereocenters. The highest BCUT2D eigenvalue weighted by molar-refractivity contribution is 6.07. The van der Waals surface area contributed by atoms with Crippen LogP contribution in [-0.4, -0.2) is 72.9 Å². The molecule has 2 unspecified atom stereocenters. The summed E-state index contributed by atoms with van der Waals surface area (Å²) in [5.41, 5.74) is -4.37. The Bertz CT molecular complexity index is 3120. The minimum atomic E-state index is -4.56. The molecule has 66 heavy (non-hydrogen) atoms. The smallest absolute Gasteiger partial charge is 0.416 e. The number of aromatic hydroxyl groups is 2. The number of aliphatic carboxylic acids is 2. The van der Waals surface area contributed by atoms with Gasteiger partial charge < -0.3 is 46.3 Å². The summed E-state index contributed by atoms with van der Waals surface area (Å²) in [5.74, 6) is -8.69. The minimum Gasteiger partial charge on any atom is -0.506 e. The number of hydrogen-bond donors (Lipinski definition) is 8. The Morgan fingerprint density at radius 2 is 1.21 bits per heavy atom. The van der Waals surface area contributed by atoms with Gasteiger partial charge in [-0.15, -0.1) is 0 Å². The summed E-state index contributed by atoms with van der Waals surface area (Å²) in [7, 11) is 0. The van der Waals surface area contributed by atoms with Crippen LogP contribution in [0, 0.1) is 11.6 Å². The van der Waals surface area contributed by atoms with Gasteiger partial charge in [-0.1, -0.05) is 24.3 Å². The molecule has 0 saturated heterocycles. The van der Waals surface area contributed by atoms with Crippen molar-refractivity contribution >= 4 is 56.9 Å². The number of carbonyl (C=O) groups is 4. The van der Waals surface area contributed by atoms with Crippen molar-refractivity contribution in [3.8, 4) is 11.5 Å². The largest absolute Gasteiger partial charge is 0.506 e. The molecule has 0 spiro atoms. The number of aromatic nitrogens is 2. The van der Waals surface area contributed by atoms with E-state index in [1.54, 1.807) is 0 Å². The molecule has 0 aliphatic carbocycles. The quantitative estimate of drug-likeness (QED) is 0.0878.